The van der Waals surface area contributed by atoms with Crippen LogP contribution in [0, 0.1) is 0 Å². The lowest BCUT2D eigenvalue weighted by molar-refractivity contribution is -0.155. The van der Waals surface area contributed by atoms with Gasteiger partial charge in [-0.15, -0.1) is 0 Å². The first kappa shape index (κ1) is 15.6. The fraction of sp³-hybridized carbons (Fsp3) is 0.750. The Labute approximate surface area is 102 Å². The molecule has 0 aromatic heterocycles. The zero-order valence-corrected chi connectivity index (χ0v) is 11.0. The summed E-state index contributed by atoms with van der Waals surface area (Å²) in [7, 11) is 1.42. The molecule has 0 atom stereocenters. The van der Waals surface area contributed by atoms with Crippen molar-refractivity contribution in [1.29, 1.82) is 0 Å². The predicted octanol–water partition coefficient (Wildman–Crippen LogP) is 1.50. The van der Waals surface area contributed by atoms with Gasteiger partial charge in [-0.25, -0.2) is 0 Å². The van der Waals surface area contributed by atoms with Crippen molar-refractivity contribution >= 4 is 18.3 Å². The molecule has 0 aliphatic carbocycles. The van der Waals surface area contributed by atoms with Crippen molar-refractivity contribution in [1.82, 2.24) is 4.90 Å². The van der Waals surface area contributed by atoms with E-state index in [0.717, 1.165) is 4.90 Å². The number of nitrogens with zero attached hydrogens (tertiary/aromatic N) is 1. The number of imide groups is 1. The molecule has 5 nitrogen and oxygen atoms in total. The number of esters is 1. The predicted molar refractivity (Wildman–Crippen MR) is 63.1 cm³/mol. The number of carbonyl (C=O) groups is 3. The SMILES string of the molecule is CN(C=O)C(=O)CCCCC(=O)OC(C)(C)C. The number of ether oxygens (including phenoxy) is 1. The number of hydrogen-bond donors (Lipinski definition) is 0. The van der Waals surface area contributed by atoms with Crippen LogP contribution in [0.5, 0.6) is 0 Å². The standard InChI is InChI=1S/C12H21NO4/c1-12(2,3)17-11(16)8-6-5-7-10(15)13(4)9-14/h9H,5-8H2,1-4H3. The maximum Gasteiger partial charge on any atom is 0.306 e. The fourth-order valence-electron chi connectivity index (χ4n) is 1.17. The number of unbranched alkanes of at least 4 members (excludes halogenated alkanes) is 1. The Hall–Kier alpha value is -1.39. The molecule has 0 saturated heterocycles. The summed E-state index contributed by atoms with van der Waals surface area (Å²) in [4.78, 5) is 33.8. The van der Waals surface area contributed by atoms with Gasteiger partial charge in [0.05, 0.1) is 0 Å². The normalized spacial score (nSPS) is 10.8. The highest BCUT2D eigenvalue weighted by molar-refractivity contribution is 5.85. The third-order valence-corrected chi connectivity index (χ3v) is 1.99. The van der Waals surface area contributed by atoms with Crippen molar-refractivity contribution in [3.8, 4) is 0 Å². The molecule has 5 heteroatoms. The molecule has 2 amide bonds. The molecule has 0 spiro atoms. The van der Waals surface area contributed by atoms with Gasteiger partial charge in [0.15, 0.2) is 0 Å². The number of rotatable bonds is 6. The Morgan fingerprint density at radius 1 is 1.18 bits per heavy atom. The van der Waals surface area contributed by atoms with E-state index < -0.39 is 5.60 Å². The van der Waals surface area contributed by atoms with Gasteiger partial charge in [-0.1, -0.05) is 0 Å². The fourth-order valence-corrected chi connectivity index (χ4v) is 1.17. The molecule has 0 heterocycles. The van der Waals surface area contributed by atoms with Crippen molar-refractivity contribution in [2.75, 3.05) is 7.05 Å². The van der Waals surface area contributed by atoms with Gasteiger partial charge in [0.25, 0.3) is 0 Å². The van der Waals surface area contributed by atoms with Crippen LogP contribution in [0.15, 0.2) is 0 Å². The largest absolute Gasteiger partial charge is 0.460 e. The van der Waals surface area contributed by atoms with Crippen LogP contribution >= 0.6 is 0 Å². The van der Waals surface area contributed by atoms with Gasteiger partial charge >= 0.3 is 5.97 Å². The van der Waals surface area contributed by atoms with Crippen molar-refractivity contribution in [2.45, 2.75) is 52.1 Å². The second kappa shape index (κ2) is 7.04. The van der Waals surface area contributed by atoms with E-state index in [9.17, 15) is 14.4 Å². The van der Waals surface area contributed by atoms with Crippen molar-refractivity contribution in [2.24, 2.45) is 0 Å². The average Bonchev–Trinajstić information content (AvgIpc) is 2.20. The van der Waals surface area contributed by atoms with E-state index in [0.29, 0.717) is 25.7 Å². The molecule has 0 aromatic carbocycles. The highest BCUT2D eigenvalue weighted by atomic mass is 16.6. The van der Waals surface area contributed by atoms with E-state index in [1.54, 1.807) is 0 Å². The van der Waals surface area contributed by atoms with Gasteiger partial charge in [0.2, 0.25) is 12.3 Å². The summed E-state index contributed by atoms with van der Waals surface area (Å²) < 4.78 is 5.12. The number of amides is 2. The Kier molecular flexibility index (Phi) is 6.46. The second-order valence-corrected chi connectivity index (χ2v) is 4.90. The summed E-state index contributed by atoms with van der Waals surface area (Å²) in [6, 6.07) is 0. The van der Waals surface area contributed by atoms with E-state index in [4.69, 9.17) is 4.74 Å². The van der Waals surface area contributed by atoms with Gasteiger partial charge < -0.3 is 4.74 Å². The molecule has 0 aliphatic heterocycles. The first-order chi connectivity index (χ1) is 7.76. The smallest absolute Gasteiger partial charge is 0.306 e. The van der Waals surface area contributed by atoms with Crippen LogP contribution in [0.2, 0.25) is 0 Å². The number of hydrogen-bond acceptors (Lipinski definition) is 4. The van der Waals surface area contributed by atoms with E-state index >= 15 is 0 Å². The molecule has 0 rings (SSSR count). The van der Waals surface area contributed by atoms with E-state index in [1.807, 2.05) is 20.8 Å². The van der Waals surface area contributed by atoms with E-state index in [-0.39, 0.29) is 18.3 Å². The third kappa shape index (κ3) is 8.42. The van der Waals surface area contributed by atoms with Gasteiger partial charge in [0, 0.05) is 19.9 Å². The van der Waals surface area contributed by atoms with E-state index in [2.05, 4.69) is 0 Å². The minimum Gasteiger partial charge on any atom is -0.460 e. The highest BCUT2D eigenvalue weighted by Crippen LogP contribution is 2.10. The van der Waals surface area contributed by atoms with Crippen LogP contribution in [0.25, 0.3) is 0 Å². The van der Waals surface area contributed by atoms with Gasteiger partial charge in [-0.3, -0.25) is 19.3 Å². The minimum atomic E-state index is -0.468. The Balaban J connectivity index is 3.68. The summed E-state index contributed by atoms with van der Waals surface area (Å²) in [6.45, 7) is 5.44. The maximum absolute atomic E-state index is 11.3. The quantitative estimate of drug-likeness (QED) is 0.403. The molecule has 0 bridgehead atoms. The lowest BCUT2D eigenvalue weighted by atomic mass is 10.1. The monoisotopic (exact) mass is 243 g/mol. The summed E-state index contributed by atoms with van der Waals surface area (Å²) >= 11 is 0. The van der Waals surface area contributed by atoms with Crippen LogP contribution in [0.1, 0.15) is 46.5 Å². The first-order valence-electron chi connectivity index (χ1n) is 5.69. The Bertz CT molecular complexity index is 281. The molecule has 17 heavy (non-hydrogen) atoms. The Morgan fingerprint density at radius 2 is 1.71 bits per heavy atom. The summed E-state index contributed by atoms with van der Waals surface area (Å²) in [5.41, 5.74) is -0.468. The summed E-state index contributed by atoms with van der Waals surface area (Å²) in [6.07, 6.45) is 2.23. The molecular weight excluding hydrogens is 222 g/mol. The molecule has 0 saturated carbocycles. The third-order valence-electron chi connectivity index (χ3n) is 1.99. The van der Waals surface area contributed by atoms with Crippen molar-refractivity contribution in [3.63, 3.8) is 0 Å². The topological polar surface area (TPSA) is 63.7 Å². The van der Waals surface area contributed by atoms with Crippen LogP contribution in [0.4, 0.5) is 0 Å². The van der Waals surface area contributed by atoms with Gasteiger partial charge in [0.1, 0.15) is 5.60 Å². The average molecular weight is 243 g/mol. The van der Waals surface area contributed by atoms with E-state index in [1.165, 1.54) is 7.05 Å². The molecule has 98 valence electrons. The molecule has 0 N–H and O–H groups in total. The maximum atomic E-state index is 11.3. The van der Waals surface area contributed by atoms with Crippen LogP contribution in [-0.4, -0.2) is 35.8 Å². The van der Waals surface area contributed by atoms with Crippen molar-refractivity contribution in [3.05, 3.63) is 0 Å². The van der Waals surface area contributed by atoms with Crippen molar-refractivity contribution < 1.29 is 19.1 Å². The molecule has 0 fully saturated rings. The zero-order valence-electron chi connectivity index (χ0n) is 11.0. The molecule has 0 unspecified atom stereocenters. The molecular formula is C12H21NO4. The lowest BCUT2D eigenvalue weighted by Crippen LogP contribution is -2.25. The highest BCUT2D eigenvalue weighted by Gasteiger charge is 2.15. The zero-order chi connectivity index (χ0) is 13.5. The first-order valence-corrected chi connectivity index (χ1v) is 5.69. The van der Waals surface area contributed by atoms with Crippen LogP contribution in [0.3, 0.4) is 0 Å². The second-order valence-electron chi connectivity index (χ2n) is 4.90. The van der Waals surface area contributed by atoms with Crippen LogP contribution < -0.4 is 0 Å². The summed E-state index contributed by atoms with van der Waals surface area (Å²) in [5.74, 6) is -0.488. The van der Waals surface area contributed by atoms with Gasteiger partial charge in [-0.05, 0) is 33.6 Å². The van der Waals surface area contributed by atoms with Crippen LogP contribution in [-0.2, 0) is 19.1 Å². The Morgan fingerprint density at radius 3 is 2.18 bits per heavy atom. The molecule has 0 aliphatic rings. The molecule has 0 radical (unpaired) electrons. The summed E-state index contributed by atoms with van der Waals surface area (Å²) in [5, 5.41) is 0. The minimum absolute atomic E-state index is 0.232. The molecule has 0 aromatic rings. The van der Waals surface area contributed by atoms with Gasteiger partial charge in [-0.2, -0.15) is 0 Å². The number of carbonyl (C=O) groups excluding carboxylic acids is 3. The lowest BCUT2D eigenvalue weighted by Gasteiger charge is -2.19.